The molecule has 2 unspecified atom stereocenters. The highest BCUT2D eigenvalue weighted by Gasteiger charge is 2.21. The lowest BCUT2D eigenvalue weighted by molar-refractivity contribution is 0.386. The molecule has 2 nitrogen and oxygen atoms in total. The van der Waals surface area contributed by atoms with Gasteiger partial charge in [-0.2, -0.15) is 0 Å². The summed E-state index contributed by atoms with van der Waals surface area (Å²) in [7, 11) is 0. The minimum atomic E-state index is -0.0221. The van der Waals surface area contributed by atoms with Gasteiger partial charge < -0.3 is 10.2 Å². The van der Waals surface area contributed by atoms with Crippen LogP contribution < -0.4 is 5.73 Å². The molecule has 0 aliphatic carbocycles. The second-order valence-corrected chi connectivity index (χ2v) is 5.56. The number of nitrogens with two attached hydrogens (primary N) is 1. The zero-order chi connectivity index (χ0) is 12.6. The fourth-order valence-corrected chi connectivity index (χ4v) is 2.39. The summed E-state index contributed by atoms with van der Waals surface area (Å²) < 4.78 is 6.94. The van der Waals surface area contributed by atoms with Gasteiger partial charge in [-0.05, 0) is 36.6 Å². The lowest BCUT2D eigenvalue weighted by Gasteiger charge is -2.16. The Labute approximate surface area is 110 Å². The molecule has 0 aliphatic heterocycles. The van der Waals surface area contributed by atoms with Gasteiger partial charge in [-0.3, -0.25) is 0 Å². The maximum absolute atomic E-state index is 6.25. The van der Waals surface area contributed by atoms with E-state index < -0.39 is 0 Å². The smallest absolute Gasteiger partial charge is 0.135 e. The van der Waals surface area contributed by atoms with Crippen molar-refractivity contribution in [2.75, 3.05) is 0 Å². The predicted molar refractivity (Wildman–Crippen MR) is 75.0 cm³/mol. The molecular weight excluding hydrogens is 278 g/mol. The molecular formula is C14H18BrNO. The first-order chi connectivity index (χ1) is 8.04. The van der Waals surface area contributed by atoms with Crippen LogP contribution in [-0.4, -0.2) is 0 Å². The van der Waals surface area contributed by atoms with Crippen LogP contribution in [0.3, 0.4) is 0 Å². The van der Waals surface area contributed by atoms with Crippen molar-refractivity contribution in [3.05, 3.63) is 34.0 Å². The SMILES string of the molecule is CCC(C)C(N)c1oc2cc(Br)ccc2c1C. The molecule has 0 fully saturated rings. The van der Waals surface area contributed by atoms with Crippen molar-refractivity contribution >= 4 is 26.9 Å². The third-order valence-corrected chi connectivity index (χ3v) is 3.99. The van der Waals surface area contributed by atoms with E-state index in [1.54, 1.807) is 0 Å². The number of rotatable bonds is 3. The van der Waals surface area contributed by atoms with Crippen LogP contribution in [0.25, 0.3) is 11.0 Å². The first kappa shape index (κ1) is 12.7. The largest absolute Gasteiger partial charge is 0.459 e. The van der Waals surface area contributed by atoms with Crippen molar-refractivity contribution in [2.45, 2.75) is 33.2 Å². The van der Waals surface area contributed by atoms with Gasteiger partial charge in [0.15, 0.2) is 0 Å². The molecule has 0 radical (unpaired) electrons. The first-order valence-corrected chi connectivity index (χ1v) is 6.78. The van der Waals surface area contributed by atoms with Crippen molar-refractivity contribution in [3.8, 4) is 0 Å². The standard InChI is InChI=1S/C14H18BrNO/c1-4-8(2)13(16)14-9(3)11-6-5-10(15)7-12(11)17-14/h5-8,13H,4,16H2,1-3H3. The molecule has 0 saturated carbocycles. The van der Waals surface area contributed by atoms with E-state index in [-0.39, 0.29) is 6.04 Å². The minimum Gasteiger partial charge on any atom is -0.459 e. The molecule has 1 heterocycles. The topological polar surface area (TPSA) is 39.2 Å². The molecule has 92 valence electrons. The van der Waals surface area contributed by atoms with Crippen molar-refractivity contribution in [1.82, 2.24) is 0 Å². The fourth-order valence-electron chi connectivity index (χ4n) is 2.05. The second-order valence-electron chi connectivity index (χ2n) is 4.64. The molecule has 0 aliphatic rings. The van der Waals surface area contributed by atoms with Crippen molar-refractivity contribution in [3.63, 3.8) is 0 Å². The number of benzene rings is 1. The number of halogens is 1. The van der Waals surface area contributed by atoms with E-state index in [9.17, 15) is 0 Å². The van der Waals surface area contributed by atoms with Gasteiger partial charge in [-0.1, -0.05) is 36.2 Å². The molecule has 3 heteroatoms. The summed E-state index contributed by atoms with van der Waals surface area (Å²) in [4.78, 5) is 0. The summed E-state index contributed by atoms with van der Waals surface area (Å²) in [5.74, 6) is 1.35. The van der Waals surface area contributed by atoms with E-state index >= 15 is 0 Å². The third kappa shape index (κ3) is 2.26. The fraction of sp³-hybridized carbons (Fsp3) is 0.429. The quantitative estimate of drug-likeness (QED) is 0.902. The van der Waals surface area contributed by atoms with Crippen molar-refractivity contribution in [1.29, 1.82) is 0 Å². The van der Waals surface area contributed by atoms with Crippen LogP contribution >= 0.6 is 15.9 Å². The number of furan rings is 1. The Balaban J connectivity index is 2.52. The van der Waals surface area contributed by atoms with Crippen molar-refractivity contribution in [2.24, 2.45) is 11.7 Å². The van der Waals surface area contributed by atoms with Gasteiger partial charge in [0.2, 0.25) is 0 Å². The van der Waals surface area contributed by atoms with E-state index in [1.165, 1.54) is 5.56 Å². The molecule has 2 atom stereocenters. The lowest BCUT2D eigenvalue weighted by atomic mass is 9.95. The van der Waals surface area contributed by atoms with Crippen LogP contribution in [0.15, 0.2) is 27.1 Å². The highest BCUT2D eigenvalue weighted by Crippen LogP contribution is 2.33. The Morgan fingerprint density at radius 2 is 2.12 bits per heavy atom. The lowest BCUT2D eigenvalue weighted by Crippen LogP contribution is -2.18. The summed E-state index contributed by atoms with van der Waals surface area (Å²) in [6.07, 6.45) is 1.06. The zero-order valence-electron chi connectivity index (χ0n) is 10.5. The van der Waals surface area contributed by atoms with Gasteiger partial charge in [-0.15, -0.1) is 0 Å². The van der Waals surface area contributed by atoms with Gasteiger partial charge in [-0.25, -0.2) is 0 Å². The third-order valence-electron chi connectivity index (χ3n) is 3.50. The van der Waals surface area contributed by atoms with E-state index in [2.05, 4.69) is 42.8 Å². The Morgan fingerprint density at radius 3 is 2.76 bits per heavy atom. The Hall–Kier alpha value is -0.800. The number of aryl methyl sites for hydroxylation is 1. The first-order valence-electron chi connectivity index (χ1n) is 5.98. The minimum absolute atomic E-state index is 0.0221. The molecule has 2 rings (SSSR count). The molecule has 17 heavy (non-hydrogen) atoms. The second kappa shape index (κ2) is 4.83. The van der Waals surface area contributed by atoms with Crippen LogP contribution in [0.4, 0.5) is 0 Å². The Kier molecular flexibility index (Phi) is 3.59. The molecule has 0 saturated heterocycles. The number of hydrogen-bond acceptors (Lipinski definition) is 2. The maximum Gasteiger partial charge on any atom is 0.135 e. The van der Waals surface area contributed by atoms with Gasteiger partial charge in [0.25, 0.3) is 0 Å². The Bertz CT molecular complexity index is 532. The van der Waals surface area contributed by atoms with E-state index in [1.807, 2.05) is 12.1 Å². The summed E-state index contributed by atoms with van der Waals surface area (Å²) in [6.45, 7) is 6.39. The molecule has 2 aromatic rings. The zero-order valence-corrected chi connectivity index (χ0v) is 12.0. The molecule has 1 aromatic carbocycles. The number of hydrogen-bond donors (Lipinski definition) is 1. The van der Waals surface area contributed by atoms with Crippen molar-refractivity contribution < 1.29 is 4.42 Å². The normalized spacial score (nSPS) is 15.1. The van der Waals surface area contributed by atoms with Crippen LogP contribution in [0.2, 0.25) is 0 Å². The summed E-state index contributed by atoms with van der Waals surface area (Å²) in [6, 6.07) is 6.08. The predicted octanol–water partition coefficient (Wildman–Crippen LogP) is 4.55. The average Bonchev–Trinajstić information content (AvgIpc) is 2.64. The Morgan fingerprint density at radius 1 is 1.41 bits per heavy atom. The summed E-state index contributed by atoms with van der Waals surface area (Å²) in [5.41, 5.74) is 8.32. The molecule has 1 aromatic heterocycles. The van der Waals surface area contributed by atoms with Crippen LogP contribution in [0.5, 0.6) is 0 Å². The highest BCUT2D eigenvalue weighted by molar-refractivity contribution is 9.10. The molecule has 2 N–H and O–H groups in total. The maximum atomic E-state index is 6.25. The summed E-state index contributed by atoms with van der Waals surface area (Å²) in [5, 5.41) is 1.15. The van der Waals surface area contributed by atoms with Gasteiger partial charge in [0.05, 0.1) is 6.04 Å². The molecule has 0 spiro atoms. The van der Waals surface area contributed by atoms with E-state index in [0.29, 0.717) is 5.92 Å². The molecule has 0 bridgehead atoms. The van der Waals surface area contributed by atoms with Gasteiger partial charge in [0.1, 0.15) is 11.3 Å². The average molecular weight is 296 g/mol. The highest BCUT2D eigenvalue weighted by atomic mass is 79.9. The monoisotopic (exact) mass is 295 g/mol. The molecule has 0 amide bonds. The van der Waals surface area contributed by atoms with Gasteiger partial charge >= 0.3 is 0 Å². The van der Waals surface area contributed by atoms with E-state index in [4.69, 9.17) is 10.2 Å². The van der Waals surface area contributed by atoms with Crippen LogP contribution in [-0.2, 0) is 0 Å². The van der Waals surface area contributed by atoms with E-state index in [0.717, 1.165) is 27.6 Å². The summed E-state index contributed by atoms with van der Waals surface area (Å²) >= 11 is 3.45. The number of fused-ring (bicyclic) bond motifs is 1. The van der Waals surface area contributed by atoms with Crippen LogP contribution in [0.1, 0.15) is 37.6 Å². The van der Waals surface area contributed by atoms with Crippen LogP contribution in [0, 0.1) is 12.8 Å². The van der Waals surface area contributed by atoms with Gasteiger partial charge in [0, 0.05) is 9.86 Å².